The van der Waals surface area contributed by atoms with Crippen molar-refractivity contribution in [2.45, 2.75) is 32.5 Å². The van der Waals surface area contributed by atoms with Crippen LogP contribution in [0.4, 0.5) is 13.2 Å². The van der Waals surface area contributed by atoms with Crippen LogP contribution in [-0.2, 0) is 12.6 Å². The van der Waals surface area contributed by atoms with E-state index in [2.05, 4.69) is 4.98 Å². The average Bonchev–Trinajstić information content (AvgIpc) is 2.67. The van der Waals surface area contributed by atoms with Gasteiger partial charge < -0.3 is 5.73 Å². The van der Waals surface area contributed by atoms with Gasteiger partial charge >= 0.3 is 6.18 Å². The molecule has 0 bridgehead atoms. The second-order valence-corrected chi connectivity index (χ2v) is 5.97. The number of benzene rings is 1. The van der Waals surface area contributed by atoms with Gasteiger partial charge in [-0.1, -0.05) is 12.1 Å². The third kappa shape index (κ3) is 3.37. The molecular formula is C14H15F3N2S. The number of halogens is 3. The van der Waals surface area contributed by atoms with E-state index in [0.717, 1.165) is 27.7 Å². The van der Waals surface area contributed by atoms with Crippen molar-refractivity contribution in [1.82, 2.24) is 4.98 Å². The van der Waals surface area contributed by atoms with Crippen LogP contribution in [0.2, 0.25) is 0 Å². The molecule has 1 aromatic heterocycles. The van der Waals surface area contributed by atoms with Crippen molar-refractivity contribution < 1.29 is 13.2 Å². The predicted molar refractivity (Wildman–Crippen MR) is 73.7 cm³/mol. The number of hydrogen-bond acceptors (Lipinski definition) is 3. The summed E-state index contributed by atoms with van der Waals surface area (Å²) in [5.74, 6) is 0. The lowest BCUT2D eigenvalue weighted by Gasteiger charge is -2.13. The summed E-state index contributed by atoms with van der Waals surface area (Å²) in [5.41, 5.74) is 6.75. The van der Waals surface area contributed by atoms with Gasteiger partial charge in [-0.15, -0.1) is 11.3 Å². The van der Waals surface area contributed by atoms with Crippen LogP contribution in [0.1, 0.15) is 32.7 Å². The minimum absolute atomic E-state index is 0.445. The van der Waals surface area contributed by atoms with Gasteiger partial charge in [0.05, 0.1) is 16.3 Å². The quantitative estimate of drug-likeness (QED) is 0.929. The van der Waals surface area contributed by atoms with Gasteiger partial charge in [-0.2, -0.15) is 13.2 Å². The molecule has 20 heavy (non-hydrogen) atoms. The summed E-state index contributed by atoms with van der Waals surface area (Å²) in [7, 11) is 0. The maximum atomic E-state index is 12.7. The highest BCUT2D eigenvalue weighted by Crippen LogP contribution is 2.31. The Bertz CT molecular complexity index is 585. The van der Waals surface area contributed by atoms with Crippen molar-refractivity contribution in [2.75, 3.05) is 0 Å². The summed E-state index contributed by atoms with van der Waals surface area (Å²) in [6.45, 7) is 3.87. The second-order valence-electron chi connectivity index (χ2n) is 4.68. The molecule has 0 fully saturated rings. The molecule has 0 spiro atoms. The Hall–Kier alpha value is -1.40. The second kappa shape index (κ2) is 5.54. The molecule has 1 heterocycles. The zero-order chi connectivity index (χ0) is 14.9. The van der Waals surface area contributed by atoms with E-state index in [4.69, 9.17) is 5.73 Å². The molecule has 0 radical (unpaired) electrons. The number of aryl methyl sites for hydroxylation is 2. The lowest BCUT2D eigenvalue weighted by molar-refractivity contribution is -0.137. The first-order valence-electron chi connectivity index (χ1n) is 6.13. The van der Waals surface area contributed by atoms with Crippen LogP contribution in [0.15, 0.2) is 24.3 Å². The Morgan fingerprint density at radius 1 is 1.30 bits per heavy atom. The van der Waals surface area contributed by atoms with E-state index in [0.29, 0.717) is 12.0 Å². The molecule has 1 aromatic carbocycles. The molecule has 2 nitrogen and oxygen atoms in total. The van der Waals surface area contributed by atoms with Gasteiger partial charge in [-0.3, -0.25) is 0 Å². The number of hydrogen-bond donors (Lipinski definition) is 1. The molecule has 2 rings (SSSR count). The van der Waals surface area contributed by atoms with Crippen molar-refractivity contribution >= 4 is 11.3 Å². The monoisotopic (exact) mass is 300 g/mol. The van der Waals surface area contributed by atoms with Crippen molar-refractivity contribution in [1.29, 1.82) is 0 Å². The molecule has 0 saturated carbocycles. The molecule has 2 N–H and O–H groups in total. The third-order valence-electron chi connectivity index (χ3n) is 3.11. The van der Waals surface area contributed by atoms with Gasteiger partial charge in [0.1, 0.15) is 0 Å². The first kappa shape index (κ1) is 15.0. The fourth-order valence-corrected chi connectivity index (χ4v) is 2.87. The van der Waals surface area contributed by atoms with Crippen molar-refractivity contribution in [3.63, 3.8) is 0 Å². The molecule has 0 amide bonds. The van der Waals surface area contributed by atoms with Gasteiger partial charge in [0.15, 0.2) is 0 Å². The maximum absolute atomic E-state index is 12.7. The standard InChI is InChI=1S/C14H15F3N2S/c1-8-9(2)20-13(19-8)7-12(18)10-4-3-5-11(6-10)14(15,16)17/h3-6,12H,7,18H2,1-2H3. The Morgan fingerprint density at radius 2 is 2.00 bits per heavy atom. The Kier molecular flexibility index (Phi) is 4.15. The van der Waals surface area contributed by atoms with Crippen LogP contribution >= 0.6 is 11.3 Å². The smallest absolute Gasteiger partial charge is 0.324 e. The Balaban J connectivity index is 2.19. The highest BCUT2D eigenvalue weighted by molar-refractivity contribution is 7.11. The number of nitrogens with two attached hydrogens (primary N) is 1. The number of alkyl halides is 3. The molecule has 108 valence electrons. The van der Waals surface area contributed by atoms with Gasteiger partial charge in [0.25, 0.3) is 0 Å². The van der Waals surface area contributed by atoms with Crippen LogP contribution in [0, 0.1) is 13.8 Å². The number of aromatic nitrogens is 1. The summed E-state index contributed by atoms with van der Waals surface area (Å²) in [4.78, 5) is 5.47. The molecule has 2 aromatic rings. The van der Waals surface area contributed by atoms with Crippen LogP contribution < -0.4 is 5.73 Å². The molecule has 0 saturated heterocycles. The van der Waals surface area contributed by atoms with Gasteiger partial charge in [0, 0.05) is 17.3 Å². The highest BCUT2D eigenvalue weighted by atomic mass is 32.1. The van der Waals surface area contributed by atoms with Crippen LogP contribution in [0.25, 0.3) is 0 Å². The average molecular weight is 300 g/mol. The number of thiazole rings is 1. The minimum atomic E-state index is -4.34. The van der Waals surface area contributed by atoms with Crippen LogP contribution in [-0.4, -0.2) is 4.98 Å². The zero-order valence-corrected chi connectivity index (χ0v) is 12.0. The third-order valence-corrected chi connectivity index (χ3v) is 4.20. The van der Waals surface area contributed by atoms with E-state index in [1.165, 1.54) is 17.4 Å². The molecule has 0 aliphatic rings. The van der Waals surface area contributed by atoms with Crippen LogP contribution in [0.5, 0.6) is 0 Å². The van der Waals surface area contributed by atoms with E-state index in [9.17, 15) is 13.2 Å². The van der Waals surface area contributed by atoms with E-state index >= 15 is 0 Å². The summed E-state index contributed by atoms with van der Waals surface area (Å²) in [6, 6.07) is 4.68. The van der Waals surface area contributed by atoms with E-state index in [1.54, 1.807) is 6.07 Å². The summed E-state index contributed by atoms with van der Waals surface area (Å²) in [5, 5.41) is 0.852. The summed E-state index contributed by atoms with van der Waals surface area (Å²) >= 11 is 1.53. The first-order chi connectivity index (χ1) is 9.27. The molecule has 0 aliphatic carbocycles. The highest BCUT2D eigenvalue weighted by Gasteiger charge is 2.30. The molecule has 1 atom stereocenters. The molecule has 6 heteroatoms. The summed E-state index contributed by atoms with van der Waals surface area (Å²) in [6.07, 6.45) is -3.90. The largest absolute Gasteiger partial charge is 0.416 e. The predicted octanol–water partition coefficient (Wildman–Crippen LogP) is 4.02. The fraction of sp³-hybridized carbons (Fsp3) is 0.357. The minimum Gasteiger partial charge on any atom is -0.324 e. The first-order valence-corrected chi connectivity index (χ1v) is 6.94. The van der Waals surface area contributed by atoms with Crippen molar-refractivity contribution in [3.05, 3.63) is 51.0 Å². The maximum Gasteiger partial charge on any atom is 0.416 e. The van der Waals surface area contributed by atoms with E-state index < -0.39 is 17.8 Å². The Labute approximate surface area is 119 Å². The van der Waals surface area contributed by atoms with Gasteiger partial charge in [-0.05, 0) is 31.5 Å². The molecular weight excluding hydrogens is 285 g/mol. The van der Waals surface area contributed by atoms with Crippen LogP contribution in [0.3, 0.4) is 0 Å². The molecule has 0 aliphatic heterocycles. The van der Waals surface area contributed by atoms with Gasteiger partial charge in [0.2, 0.25) is 0 Å². The summed E-state index contributed by atoms with van der Waals surface area (Å²) < 4.78 is 38.0. The Morgan fingerprint density at radius 3 is 2.55 bits per heavy atom. The van der Waals surface area contributed by atoms with Crippen molar-refractivity contribution in [2.24, 2.45) is 5.73 Å². The lowest BCUT2D eigenvalue weighted by Crippen LogP contribution is -2.15. The van der Waals surface area contributed by atoms with E-state index in [1.807, 2.05) is 13.8 Å². The lowest BCUT2D eigenvalue weighted by atomic mass is 10.0. The van der Waals surface area contributed by atoms with Gasteiger partial charge in [-0.25, -0.2) is 4.98 Å². The number of rotatable bonds is 3. The number of nitrogens with zero attached hydrogens (tertiary/aromatic N) is 1. The fourth-order valence-electron chi connectivity index (χ4n) is 1.88. The zero-order valence-electron chi connectivity index (χ0n) is 11.2. The van der Waals surface area contributed by atoms with E-state index in [-0.39, 0.29) is 0 Å². The van der Waals surface area contributed by atoms with Crippen molar-refractivity contribution in [3.8, 4) is 0 Å². The normalized spacial score (nSPS) is 13.5. The SMILES string of the molecule is Cc1nc(CC(N)c2cccc(C(F)(F)F)c2)sc1C. The molecule has 1 unspecified atom stereocenters. The topological polar surface area (TPSA) is 38.9 Å².